The van der Waals surface area contributed by atoms with Gasteiger partial charge in [-0.05, 0) is 30.2 Å². The Bertz CT molecular complexity index is 514. The summed E-state index contributed by atoms with van der Waals surface area (Å²) in [5.74, 6) is 2.03. The lowest BCUT2D eigenvalue weighted by molar-refractivity contribution is 0.273. The van der Waals surface area contributed by atoms with Crippen LogP contribution in [0.15, 0.2) is 22.0 Å². The third kappa shape index (κ3) is 3.81. The van der Waals surface area contributed by atoms with Crippen LogP contribution >= 0.6 is 23.7 Å². The molecule has 20 heavy (non-hydrogen) atoms. The Labute approximate surface area is 129 Å². The molecule has 3 rings (SSSR count). The van der Waals surface area contributed by atoms with Crippen molar-refractivity contribution in [2.75, 3.05) is 0 Å². The van der Waals surface area contributed by atoms with E-state index < -0.39 is 0 Å². The maximum absolute atomic E-state index is 6.16. The average molecular weight is 314 g/mol. The number of halogens is 1. The third-order valence-corrected chi connectivity index (χ3v) is 4.70. The normalized spacial score (nSPS) is 22.4. The van der Waals surface area contributed by atoms with Crippen LogP contribution in [-0.4, -0.2) is 16.2 Å². The minimum Gasteiger partial charge on any atom is -0.339 e. The van der Waals surface area contributed by atoms with Gasteiger partial charge in [0.15, 0.2) is 5.82 Å². The van der Waals surface area contributed by atoms with Crippen LogP contribution in [0.3, 0.4) is 0 Å². The second-order valence-corrected chi connectivity index (χ2v) is 6.31. The smallest absolute Gasteiger partial charge is 0.226 e. The van der Waals surface area contributed by atoms with Crippen molar-refractivity contribution in [1.29, 1.82) is 0 Å². The fraction of sp³-hybridized carbons (Fsp3) is 0.571. The summed E-state index contributed by atoms with van der Waals surface area (Å²) in [6.45, 7) is 0. The zero-order valence-electron chi connectivity index (χ0n) is 11.3. The minimum absolute atomic E-state index is 0. The van der Waals surface area contributed by atoms with Crippen molar-refractivity contribution in [2.45, 2.75) is 44.6 Å². The summed E-state index contributed by atoms with van der Waals surface area (Å²) in [7, 11) is 0. The molecule has 1 saturated carbocycles. The number of nitrogens with zero attached hydrogens (tertiary/aromatic N) is 2. The number of hydrogen-bond acceptors (Lipinski definition) is 5. The molecule has 2 N–H and O–H groups in total. The Kier molecular flexibility index (Phi) is 5.57. The van der Waals surface area contributed by atoms with E-state index in [-0.39, 0.29) is 12.4 Å². The molecule has 0 bridgehead atoms. The highest BCUT2D eigenvalue weighted by Gasteiger charge is 2.24. The Morgan fingerprint density at radius 3 is 2.95 bits per heavy atom. The van der Waals surface area contributed by atoms with E-state index in [9.17, 15) is 0 Å². The van der Waals surface area contributed by atoms with Gasteiger partial charge in [0.2, 0.25) is 5.89 Å². The summed E-state index contributed by atoms with van der Waals surface area (Å²) < 4.78 is 5.35. The van der Waals surface area contributed by atoms with Crippen LogP contribution in [0.2, 0.25) is 0 Å². The van der Waals surface area contributed by atoms with E-state index in [1.54, 1.807) is 11.3 Å². The van der Waals surface area contributed by atoms with Crippen LogP contribution < -0.4 is 5.73 Å². The van der Waals surface area contributed by atoms with Crippen molar-refractivity contribution in [1.82, 2.24) is 10.1 Å². The highest BCUT2D eigenvalue weighted by atomic mass is 35.5. The van der Waals surface area contributed by atoms with Crippen LogP contribution in [0.25, 0.3) is 0 Å². The quantitative estimate of drug-likeness (QED) is 0.941. The van der Waals surface area contributed by atoms with Gasteiger partial charge in [0.1, 0.15) is 0 Å². The Hall–Kier alpha value is -0.910. The largest absolute Gasteiger partial charge is 0.339 e. The van der Waals surface area contributed by atoms with Crippen LogP contribution in [0.4, 0.5) is 0 Å². The maximum atomic E-state index is 6.16. The number of rotatable bonds is 4. The zero-order valence-corrected chi connectivity index (χ0v) is 13.0. The second-order valence-electron chi connectivity index (χ2n) is 5.27. The lowest BCUT2D eigenvalue weighted by atomic mass is 9.83. The zero-order chi connectivity index (χ0) is 13.1. The van der Waals surface area contributed by atoms with Gasteiger partial charge in [-0.25, -0.2) is 0 Å². The van der Waals surface area contributed by atoms with Gasteiger partial charge in [-0.15, -0.1) is 23.7 Å². The van der Waals surface area contributed by atoms with Crippen LogP contribution in [0.5, 0.6) is 0 Å². The highest BCUT2D eigenvalue weighted by molar-refractivity contribution is 7.09. The van der Waals surface area contributed by atoms with Gasteiger partial charge in [-0.2, -0.15) is 4.98 Å². The molecule has 2 aromatic heterocycles. The number of aromatic nitrogens is 2. The number of nitrogens with two attached hydrogens (primary N) is 1. The molecule has 0 radical (unpaired) electrons. The highest BCUT2D eigenvalue weighted by Crippen LogP contribution is 2.26. The molecule has 0 saturated heterocycles. The van der Waals surface area contributed by atoms with Gasteiger partial charge in [0.25, 0.3) is 0 Å². The Morgan fingerprint density at radius 2 is 2.20 bits per heavy atom. The molecular weight excluding hydrogens is 294 g/mol. The molecule has 0 aromatic carbocycles. The van der Waals surface area contributed by atoms with E-state index >= 15 is 0 Å². The maximum Gasteiger partial charge on any atom is 0.226 e. The molecule has 2 aromatic rings. The fourth-order valence-corrected chi connectivity index (χ4v) is 3.43. The first-order valence-corrected chi connectivity index (χ1v) is 7.78. The molecule has 2 unspecified atom stereocenters. The Morgan fingerprint density at radius 1 is 1.35 bits per heavy atom. The van der Waals surface area contributed by atoms with Crippen molar-refractivity contribution in [3.63, 3.8) is 0 Å². The molecule has 1 fully saturated rings. The van der Waals surface area contributed by atoms with E-state index in [0.29, 0.717) is 12.0 Å². The summed E-state index contributed by atoms with van der Waals surface area (Å²) in [6, 6.07) is 4.43. The first-order valence-electron chi connectivity index (χ1n) is 6.90. The summed E-state index contributed by atoms with van der Waals surface area (Å²) >= 11 is 1.72. The van der Waals surface area contributed by atoms with E-state index in [1.165, 1.54) is 24.1 Å². The van der Waals surface area contributed by atoms with Crippen molar-refractivity contribution in [3.05, 3.63) is 34.1 Å². The molecule has 1 aliphatic carbocycles. The molecule has 4 nitrogen and oxygen atoms in total. The molecule has 0 aliphatic heterocycles. The van der Waals surface area contributed by atoms with Crippen LogP contribution in [0.1, 0.15) is 42.3 Å². The molecule has 1 aliphatic rings. The van der Waals surface area contributed by atoms with E-state index in [0.717, 1.165) is 31.0 Å². The monoisotopic (exact) mass is 313 g/mol. The molecule has 2 atom stereocenters. The first kappa shape index (κ1) is 15.5. The number of hydrogen-bond donors (Lipinski definition) is 1. The molecule has 0 amide bonds. The third-order valence-electron chi connectivity index (χ3n) is 3.83. The molecular formula is C14H20ClN3OS. The first-order chi connectivity index (χ1) is 9.31. The lowest BCUT2D eigenvalue weighted by Crippen LogP contribution is -2.34. The SMILES string of the molecule is Cl.NC1CCCCC1Cc1nc(Cc2cccs2)no1. The molecule has 2 heterocycles. The topological polar surface area (TPSA) is 64.9 Å². The summed E-state index contributed by atoms with van der Waals surface area (Å²) in [5.41, 5.74) is 6.16. The van der Waals surface area contributed by atoms with E-state index in [4.69, 9.17) is 10.3 Å². The fourth-order valence-electron chi connectivity index (χ4n) is 2.73. The lowest BCUT2D eigenvalue weighted by Gasteiger charge is -2.27. The van der Waals surface area contributed by atoms with Crippen molar-refractivity contribution < 1.29 is 4.52 Å². The van der Waals surface area contributed by atoms with Crippen molar-refractivity contribution >= 4 is 23.7 Å². The van der Waals surface area contributed by atoms with Gasteiger partial charge in [-0.3, -0.25) is 0 Å². The summed E-state index contributed by atoms with van der Waals surface area (Å²) in [6.07, 6.45) is 6.43. The average Bonchev–Trinajstić information content (AvgIpc) is 3.05. The molecule has 110 valence electrons. The molecule has 6 heteroatoms. The van der Waals surface area contributed by atoms with Gasteiger partial charge in [0.05, 0.1) is 0 Å². The standard InChI is InChI=1S/C14H19N3OS.ClH/c15-12-6-2-1-4-10(12)8-14-16-13(17-18-14)9-11-5-3-7-19-11;/h3,5,7,10,12H,1-2,4,6,8-9,15H2;1H. The van der Waals surface area contributed by atoms with Crippen LogP contribution in [0, 0.1) is 5.92 Å². The minimum atomic E-state index is 0. The van der Waals surface area contributed by atoms with Gasteiger partial charge < -0.3 is 10.3 Å². The van der Waals surface area contributed by atoms with Gasteiger partial charge >= 0.3 is 0 Å². The van der Waals surface area contributed by atoms with E-state index in [2.05, 4.69) is 21.6 Å². The second kappa shape index (κ2) is 7.20. The van der Waals surface area contributed by atoms with Gasteiger partial charge in [-0.1, -0.05) is 24.1 Å². The molecule has 0 spiro atoms. The van der Waals surface area contributed by atoms with E-state index in [1.807, 2.05) is 6.07 Å². The predicted octanol–water partition coefficient (Wildman–Crippen LogP) is 3.20. The summed E-state index contributed by atoms with van der Waals surface area (Å²) in [5, 5.41) is 6.13. The predicted molar refractivity (Wildman–Crippen MR) is 82.3 cm³/mol. The van der Waals surface area contributed by atoms with Crippen molar-refractivity contribution in [3.8, 4) is 0 Å². The van der Waals surface area contributed by atoms with Gasteiger partial charge in [0, 0.05) is 23.8 Å². The van der Waals surface area contributed by atoms with Crippen molar-refractivity contribution in [2.24, 2.45) is 11.7 Å². The number of thiophene rings is 1. The summed E-state index contributed by atoms with van der Waals surface area (Å²) in [4.78, 5) is 5.75. The van der Waals surface area contributed by atoms with Crippen LogP contribution in [-0.2, 0) is 12.8 Å². The Balaban J connectivity index is 0.00000147.